The van der Waals surface area contributed by atoms with Crippen molar-refractivity contribution in [2.45, 2.75) is 19.4 Å². The molecule has 1 aromatic carbocycles. The van der Waals surface area contributed by atoms with E-state index in [2.05, 4.69) is 5.32 Å². The van der Waals surface area contributed by atoms with Crippen molar-refractivity contribution in [3.05, 3.63) is 35.4 Å². The molecule has 0 fully saturated rings. The molecule has 2 N–H and O–H groups in total. The van der Waals surface area contributed by atoms with Gasteiger partial charge in [0.05, 0.1) is 0 Å². The van der Waals surface area contributed by atoms with E-state index in [0.717, 1.165) is 12.1 Å². The van der Waals surface area contributed by atoms with Gasteiger partial charge in [-0.3, -0.25) is 4.79 Å². The monoisotopic (exact) mass is 229 g/mol. The molecule has 88 valence electrons. The van der Waals surface area contributed by atoms with E-state index in [9.17, 15) is 13.6 Å². The Hall–Kier alpha value is -1.49. The van der Waals surface area contributed by atoms with Gasteiger partial charge < -0.3 is 10.4 Å². The van der Waals surface area contributed by atoms with Gasteiger partial charge in [-0.1, -0.05) is 6.07 Å². The number of hydrogen-bond donors (Lipinski definition) is 2. The van der Waals surface area contributed by atoms with Crippen molar-refractivity contribution in [3.8, 4) is 0 Å². The molecule has 5 heteroatoms. The Morgan fingerprint density at radius 2 is 2.12 bits per heavy atom. The Balaban J connectivity index is 2.43. The van der Waals surface area contributed by atoms with Crippen molar-refractivity contribution in [1.29, 1.82) is 0 Å². The number of amides is 1. The summed E-state index contributed by atoms with van der Waals surface area (Å²) in [6, 6.07) is 3.58. The van der Waals surface area contributed by atoms with E-state index in [0.29, 0.717) is 12.0 Å². The fourth-order valence-electron chi connectivity index (χ4n) is 1.17. The van der Waals surface area contributed by atoms with Crippen LogP contribution in [0.1, 0.15) is 12.5 Å². The zero-order valence-corrected chi connectivity index (χ0v) is 8.84. The molecule has 1 amide bonds. The van der Waals surface area contributed by atoms with E-state index in [-0.39, 0.29) is 6.54 Å². The van der Waals surface area contributed by atoms with Gasteiger partial charge in [-0.05, 0) is 31.0 Å². The number of halogens is 2. The standard InChI is InChI=1S/C11H13F2NO2/c1-7(15)11(16)14-5-4-8-2-3-9(12)10(13)6-8/h2-3,6-7,15H,4-5H2,1H3,(H,14,16). The van der Waals surface area contributed by atoms with Crippen LogP contribution < -0.4 is 5.32 Å². The summed E-state index contributed by atoms with van der Waals surface area (Å²) in [6.45, 7) is 1.63. The van der Waals surface area contributed by atoms with Crippen LogP contribution >= 0.6 is 0 Å². The van der Waals surface area contributed by atoms with Gasteiger partial charge in [0, 0.05) is 6.54 Å². The Morgan fingerprint density at radius 3 is 2.69 bits per heavy atom. The average Bonchev–Trinajstić information content (AvgIpc) is 2.23. The summed E-state index contributed by atoms with van der Waals surface area (Å²) >= 11 is 0. The first-order chi connectivity index (χ1) is 7.50. The molecule has 0 aliphatic heterocycles. The average molecular weight is 229 g/mol. The SMILES string of the molecule is CC(O)C(=O)NCCc1ccc(F)c(F)c1. The van der Waals surface area contributed by atoms with Gasteiger partial charge in [0.1, 0.15) is 6.10 Å². The first-order valence-electron chi connectivity index (χ1n) is 4.90. The van der Waals surface area contributed by atoms with Crippen molar-refractivity contribution in [1.82, 2.24) is 5.32 Å². The number of aliphatic hydroxyl groups excluding tert-OH is 1. The highest BCUT2D eigenvalue weighted by Gasteiger charge is 2.07. The van der Waals surface area contributed by atoms with Crippen molar-refractivity contribution < 1.29 is 18.7 Å². The first-order valence-corrected chi connectivity index (χ1v) is 4.90. The lowest BCUT2D eigenvalue weighted by atomic mass is 10.1. The molecule has 0 saturated heterocycles. The van der Waals surface area contributed by atoms with E-state index in [1.807, 2.05) is 0 Å². The molecule has 0 bridgehead atoms. The molecule has 0 radical (unpaired) electrons. The number of hydrogen-bond acceptors (Lipinski definition) is 2. The minimum absolute atomic E-state index is 0.273. The van der Waals surface area contributed by atoms with Crippen molar-refractivity contribution >= 4 is 5.91 Å². The maximum atomic E-state index is 12.8. The second-order valence-corrected chi connectivity index (χ2v) is 3.47. The third-order valence-corrected chi connectivity index (χ3v) is 2.08. The van der Waals surface area contributed by atoms with Crippen molar-refractivity contribution in [3.63, 3.8) is 0 Å². The fraction of sp³-hybridized carbons (Fsp3) is 0.364. The molecular weight excluding hydrogens is 216 g/mol. The molecular formula is C11H13F2NO2. The highest BCUT2D eigenvalue weighted by molar-refractivity contribution is 5.79. The molecule has 1 rings (SSSR count). The van der Waals surface area contributed by atoms with Gasteiger partial charge in [-0.15, -0.1) is 0 Å². The van der Waals surface area contributed by atoms with Gasteiger partial charge in [-0.25, -0.2) is 8.78 Å². The maximum Gasteiger partial charge on any atom is 0.248 e. The highest BCUT2D eigenvalue weighted by Crippen LogP contribution is 2.08. The molecule has 0 aromatic heterocycles. The van der Waals surface area contributed by atoms with Crippen LogP contribution in [0, 0.1) is 11.6 Å². The van der Waals surface area contributed by atoms with Crippen LogP contribution in [0.25, 0.3) is 0 Å². The summed E-state index contributed by atoms with van der Waals surface area (Å²) in [7, 11) is 0. The maximum absolute atomic E-state index is 12.8. The number of rotatable bonds is 4. The van der Waals surface area contributed by atoms with Crippen LogP contribution in [-0.4, -0.2) is 23.7 Å². The summed E-state index contributed by atoms with van der Waals surface area (Å²) in [5.41, 5.74) is 0.588. The quantitative estimate of drug-likeness (QED) is 0.809. The lowest BCUT2D eigenvalue weighted by molar-refractivity contribution is -0.128. The number of carbonyl (C=O) groups is 1. The predicted molar refractivity (Wildman–Crippen MR) is 54.8 cm³/mol. The lowest BCUT2D eigenvalue weighted by Crippen LogP contribution is -2.33. The minimum Gasteiger partial charge on any atom is -0.384 e. The summed E-state index contributed by atoms with van der Waals surface area (Å²) < 4.78 is 25.4. The second-order valence-electron chi connectivity index (χ2n) is 3.47. The molecule has 3 nitrogen and oxygen atoms in total. The van der Waals surface area contributed by atoms with Gasteiger partial charge >= 0.3 is 0 Å². The van der Waals surface area contributed by atoms with Crippen molar-refractivity contribution in [2.75, 3.05) is 6.54 Å². The van der Waals surface area contributed by atoms with Crippen LogP contribution in [0.4, 0.5) is 8.78 Å². The largest absolute Gasteiger partial charge is 0.384 e. The zero-order valence-electron chi connectivity index (χ0n) is 8.84. The molecule has 0 aliphatic carbocycles. The fourth-order valence-corrected chi connectivity index (χ4v) is 1.17. The third-order valence-electron chi connectivity index (χ3n) is 2.08. The summed E-state index contributed by atoms with van der Waals surface area (Å²) in [6.07, 6.45) is -0.680. The van der Waals surface area contributed by atoms with Crippen LogP contribution in [0.3, 0.4) is 0 Å². The van der Waals surface area contributed by atoms with E-state index in [1.54, 1.807) is 0 Å². The number of nitrogens with one attached hydrogen (secondary N) is 1. The Labute approximate surface area is 92.1 Å². The Bertz CT molecular complexity index is 380. The molecule has 16 heavy (non-hydrogen) atoms. The Kier molecular flexibility index (Phi) is 4.37. The predicted octanol–water partition coefficient (Wildman–Crippen LogP) is 1.00. The van der Waals surface area contributed by atoms with Gasteiger partial charge in [0.15, 0.2) is 11.6 Å². The van der Waals surface area contributed by atoms with Crippen LogP contribution in [0.5, 0.6) is 0 Å². The minimum atomic E-state index is -1.06. The third kappa shape index (κ3) is 3.58. The molecule has 0 saturated carbocycles. The number of carbonyl (C=O) groups excluding carboxylic acids is 1. The first kappa shape index (κ1) is 12.6. The normalized spacial score (nSPS) is 12.2. The summed E-state index contributed by atoms with van der Waals surface area (Å²) in [4.78, 5) is 11.0. The van der Waals surface area contributed by atoms with E-state index in [1.165, 1.54) is 13.0 Å². The molecule has 1 unspecified atom stereocenters. The number of benzene rings is 1. The highest BCUT2D eigenvalue weighted by atomic mass is 19.2. The van der Waals surface area contributed by atoms with Gasteiger partial charge in [0.2, 0.25) is 5.91 Å². The van der Waals surface area contributed by atoms with E-state index < -0.39 is 23.6 Å². The van der Waals surface area contributed by atoms with Gasteiger partial charge in [-0.2, -0.15) is 0 Å². The summed E-state index contributed by atoms with van der Waals surface area (Å²) in [5, 5.41) is 11.3. The molecule has 0 spiro atoms. The number of aliphatic hydroxyl groups is 1. The van der Waals surface area contributed by atoms with E-state index in [4.69, 9.17) is 5.11 Å². The Morgan fingerprint density at radius 1 is 1.44 bits per heavy atom. The lowest BCUT2D eigenvalue weighted by Gasteiger charge is -2.07. The molecule has 1 aromatic rings. The molecule has 1 atom stereocenters. The van der Waals surface area contributed by atoms with Crippen LogP contribution in [-0.2, 0) is 11.2 Å². The zero-order chi connectivity index (χ0) is 12.1. The second kappa shape index (κ2) is 5.55. The van der Waals surface area contributed by atoms with Crippen LogP contribution in [0.2, 0.25) is 0 Å². The van der Waals surface area contributed by atoms with Gasteiger partial charge in [0.25, 0.3) is 0 Å². The van der Waals surface area contributed by atoms with Crippen molar-refractivity contribution in [2.24, 2.45) is 0 Å². The molecule has 0 aliphatic rings. The topological polar surface area (TPSA) is 49.3 Å². The smallest absolute Gasteiger partial charge is 0.248 e. The summed E-state index contributed by atoms with van der Waals surface area (Å²) in [5.74, 6) is -2.28. The van der Waals surface area contributed by atoms with Crippen LogP contribution in [0.15, 0.2) is 18.2 Å². The van der Waals surface area contributed by atoms with E-state index >= 15 is 0 Å². The molecule has 0 heterocycles.